The van der Waals surface area contributed by atoms with E-state index in [1.54, 1.807) is 25.1 Å². The summed E-state index contributed by atoms with van der Waals surface area (Å²) in [5.41, 5.74) is 0.501. The Morgan fingerprint density at radius 3 is 2.57 bits per heavy atom. The maximum absolute atomic E-state index is 12.3. The zero-order valence-corrected chi connectivity index (χ0v) is 15.4. The molecular formula is C12H8Br3N3O3. The Labute approximate surface area is 145 Å². The SMILES string of the molecule is Cc1nc([N+](=O)[O-])c(Br)n1CC(=O)c1ccc(Br)cc1Br. The number of ketones is 1. The van der Waals surface area contributed by atoms with Crippen LogP contribution in [-0.4, -0.2) is 20.3 Å². The third kappa shape index (κ3) is 3.41. The van der Waals surface area contributed by atoms with Gasteiger partial charge in [0, 0.05) is 21.4 Å². The van der Waals surface area contributed by atoms with Crippen molar-refractivity contribution >= 4 is 59.4 Å². The molecule has 1 aromatic heterocycles. The number of hydrogen-bond donors (Lipinski definition) is 0. The van der Waals surface area contributed by atoms with E-state index >= 15 is 0 Å². The molecule has 0 fully saturated rings. The van der Waals surface area contributed by atoms with Crippen LogP contribution in [0.3, 0.4) is 0 Å². The van der Waals surface area contributed by atoms with Gasteiger partial charge >= 0.3 is 5.82 Å². The summed E-state index contributed by atoms with van der Waals surface area (Å²) < 4.78 is 3.16. The molecule has 110 valence electrons. The van der Waals surface area contributed by atoms with Gasteiger partial charge in [0.15, 0.2) is 10.4 Å². The number of halogens is 3. The molecule has 2 rings (SSSR count). The average molecular weight is 482 g/mol. The van der Waals surface area contributed by atoms with E-state index in [-0.39, 0.29) is 22.7 Å². The Balaban J connectivity index is 2.34. The third-order valence-electron chi connectivity index (χ3n) is 2.79. The largest absolute Gasteiger partial charge is 0.396 e. The first-order valence-corrected chi connectivity index (χ1v) is 8.04. The second-order valence-electron chi connectivity index (χ2n) is 4.16. The lowest BCUT2D eigenvalue weighted by molar-refractivity contribution is -0.390. The van der Waals surface area contributed by atoms with Gasteiger partial charge in [-0.1, -0.05) is 31.9 Å². The van der Waals surface area contributed by atoms with Crippen molar-refractivity contribution in [2.45, 2.75) is 13.5 Å². The lowest BCUT2D eigenvalue weighted by Gasteiger charge is -2.06. The molecule has 0 spiro atoms. The van der Waals surface area contributed by atoms with E-state index in [0.29, 0.717) is 15.9 Å². The van der Waals surface area contributed by atoms with Crippen LogP contribution in [-0.2, 0) is 6.54 Å². The molecule has 0 N–H and O–H groups in total. The molecule has 0 aliphatic rings. The molecule has 0 aliphatic heterocycles. The number of rotatable bonds is 4. The minimum Gasteiger partial charge on any atom is -0.358 e. The summed E-state index contributed by atoms with van der Waals surface area (Å²) in [6.07, 6.45) is 0. The number of carbonyl (C=O) groups is 1. The van der Waals surface area contributed by atoms with E-state index < -0.39 is 4.92 Å². The first-order valence-electron chi connectivity index (χ1n) is 5.66. The zero-order chi connectivity index (χ0) is 15.7. The highest BCUT2D eigenvalue weighted by atomic mass is 79.9. The molecule has 9 heteroatoms. The number of nitrogens with zero attached hydrogens (tertiary/aromatic N) is 3. The van der Waals surface area contributed by atoms with Gasteiger partial charge in [-0.3, -0.25) is 9.36 Å². The third-order valence-corrected chi connectivity index (χ3v) is 4.72. The van der Waals surface area contributed by atoms with Crippen LogP contribution in [0.4, 0.5) is 5.82 Å². The monoisotopic (exact) mass is 479 g/mol. The molecule has 2 aromatic rings. The number of imidazole rings is 1. The van der Waals surface area contributed by atoms with Crippen LogP contribution in [0.1, 0.15) is 16.2 Å². The zero-order valence-electron chi connectivity index (χ0n) is 10.6. The molecular weight excluding hydrogens is 474 g/mol. The van der Waals surface area contributed by atoms with Crippen LogP contribution < -0.4 is 0 Å². The lowest BCUT2D eigenvalue weighted by atomic mass is 10.1. The fourth-order valence-corrected chi connectivity index (χ4v) is 3.65. The van der Waals surface area contributed by atoms with E-state index in [4.69, 9.17) is 0 Å². The molecule has 0 amide bonds. The van der Waals surface area contributed by atoms with Gasteiger partial charge in [-0.15, -0.1) is 0 Å². The van der Waals surface area contributed by atoms with Crippen molar-refractivity contribution in [1.29, 1.82) is 0 Å². The molecule has 0 unspecified atom stereocenters. The number of aryl methyl sites for hydroxylation is 1. The van der Waals surface area contributed by atoms with Crippen molar-refractivity contribution in [2.75, 3.05) is 0 Å². The molecule has 0 bridgehead atoms. The van der Waals surface area contributed by atoms with Crippen LogP contribution >= 0.6 is 47.8 Å². The lowest BCUT2D eigenvalue weighted by Crippen LogP contribution is -2.12. The van der Waals surface area contributed by atoms with Crippen molar-refractivity contribution in [2.24, 2.45) is 0 Å². The Morgan fingerprint density at radius 2 is 2.05 bits per heavy atom. The first-order chi connectivity index (χ1) is 9.81. The van der Waals surface area contributed by atoms with Gasteiger partial charge < -0.3 is 10.1 Å². The minimum absolute atomic E-state index is 0.0342. The van der Waals surface area contributed by atoms with Gasteiger partial charge in [-0.05, 0) is 44.0 Å². The molecule has 21 heavy (non-hydrogen) atoms. The quantitative estimate of drug-likeness (QED) is 0.371. The summed E-state index contributed by atoms with van der Waals surface area (Å²) in [6, 6.07) is 5.22. The van der Waals surface area contributed by atoms with Gasteiger partial charge in [-0.2, -0.15) is 0 Å². The average Bonchev–Trinajstić information content (AvgIpc) is 2.66. The summed E-state index contributed by atoms with van der Waals surface area (Å²) >= 11 is 9.77. The molecule has 1 heterocycles. The molecule has 1 aromatic carbocycles. The fourth-order valence-electron chi connectivity index (χ4n) is 1.77. The number of nitro groups is 1. The van der Waals surface area contributed by atoms with Crippen molar-refractivity contribution in [1.82, 2.24) is 9.55 Å². The van der Waals surface area contributed by atoms with Gasteiger partial charge in [0.1, 0.15) is 0 Å². The van der Waals surface area contributed by atoms with Gasteiger partial charge in [-0.25, -0.2) is 0 Å². The molecule has 0 atom stereocenters. The summed E-state index contributed by atoms with van der Waals surface area (Å²) in [6.45, 7) is 1.58. The van der Waals surface area contributed by atoms with Gasteiger partial charge in [0.05, 0.1) is 6.54 Å². The van der Waals surface area contributed by atoms with Gasteiger partial charge in [0.25, 0.3) is 0 Å². The summed E-state index contributed by atoms with van der Waals surface area (Å²) in [7, 11) is 0. The molecule has 6 nitrogen and oxygen atoms in total. The Hall–Kier alpha value is -1.06. The predicted molar refractivity (Wildman–Crippen MR) is 87.5 cm³/mol. The van der Waals surface area contributed by atoms with Crippen LogP contribution in [0.25, 0.3) is 0 Å². The molecule has 0 aliphatic carbocycles. The van der Waals surface area contributed by atoms with Crippen molar-refractivity contribution in [3.05, 3.63) is 53.2 Å². The van der Waals surface area contributed by atoms with E-state index in [0.717, 1.165) is 4.47 Å². The van der Waals surface area contributed by atoms with E-state index in [1.807, 2.05) is 0 Å². The van der Waals surface area contributed by atoms with E-state index in [9.17, 15) is 14.9 Å². The number of carbonyl (C=O) groups excluding carboxylic acids is 1. The Morgan fingerprint density at radius 1 is 1.38 bits per heavy atom. The maximum atomic E-state index is 12.3. The number of benzene rings is 1. The second kappa shape index (κ2) is 6.37. The highest BCUT2D eigenvalue weighted by molar-refractivity contribution is 9.11. The van der Waals surface area contributed by atoms with Gasteiger partial charge in [0.2, 0.25) is 5.82 Å². The summed E-state index contributed by atoms with van der Waals surface area (Å²) in [4.78, 5) is 26.4. The normalized spacial score (nSPS) is 10.7. The molecule has 0 saturated carbocycles. The van der Waals surface area contributed by atoms with Crippen LogP contribution in [0.5, 0.6) is 0 Å². The molecule has 0 saturated heterocycles. The maximum Gasteiger partial charge on any atom is 0.396 e. The van der Waals surface area contributed by atoms with Crippen molar-refractivity contribution < 1.29 is 9.72 Å². The standard InChI is InChI=1S/C12H8Br3N3O3/c1-6-16-12(18(20)21)11(15)17(6)5-10(19)8-3-2-7(13)4-9(8)14/h2-4H,5H2,1H3. The predicted octanol–water partition coefficient (Wildman–Crippen LogP) is 4.27. The van der Waals surface area contributed by atoms with Crippen LogP contribution in [0.2, 0.25) is 0 Å². The van der Waals surface area contributed by atoms with Crippen LogP contribution in [0.15, 0.2) is 31.7 Å². The van der Waals surface area contributed by atoms with Crippen molar-refractivity contribution in [3.8, 4) is 0 Å². The fraction of sp³-hybridized carbons (Fsp3) is 0.167. The van der Waals surface area contributed by atoms with E-state index in [2.05, 4.69) is 52.8 Å². The number of Topliss-reactive ketones (excluding diaryl/α,β-unsaturated/α-hetero) is 1. The Kier molecular flexibility index (Phi) is 4.95. The summed E-state index contributed by atoms with van der Waals surface area (Å²) in [5, 5.41) is 10.8. The summed E-state index contributed by atoms with van der Waals surface area (Å²) in [5.74, 6) is -0.0733. The number of aromatic nitrogens is 2. The smallest absolute Gasteiger partial charge is 0.358 e. The number of hydrogen-bond acceptors (Lipinski definition) is 4. The first kappa shape index (κ1) is 16.3. The van der Waals surface area contributed by atoms with Crippen molar-refractivity contribution in [3.63, 3.8) is 0 Å². The second-order valence-corrected chi connectivity index (χ2v) is 6.69. The minimum atomic E-state index is -0.590. The highest BCUT2D eigenvalue weighted by Gasteiger charge is 2.25. The topological polar surface area (TPSA) is 78.0 Å². The van der Waals surface area contributed by atoms with E-state index in [1.165, 1.54) is 4.57 Å². The highest BCUT2D eigenvalue weighted by Crippen LogP contribution is 2.27. The molecule has 0 radical (unpaired) electrons. The van der Waals surface area contributed by atoms with Crippen LogP contribution in [0, 0.1) is 17.0 Å². The Bertz CT molecular complexity index is 743.